The van der Waals surface area contributed by atoms with Gasteiger partial charge in [0.2, 0.25) is 0 Å². The first-order valence-corrected chi connectivity index (χ1v) is 11.4. The highest BCUT2D eigenvalue weighted by molar-refractivity contribution is 5.97. The van der Waals surface area contributed by atoms with Crippen LogP contribution in [0.4, 0.5) is 5.82 Å². The van der Waals surface area contributed by atoms with Gasteiger partial charge in [0.25, 0.3) is 11.5 Å². The van der Waals surface area contributed by atoms with E-state index in [0.29, 0.717) is 36.0 Å². The third kappa shape index (κ3) is 4.69. The minimum absolute atomic E-state index is 0.0678. The number of aromatic amines is 1. The van der Waals surface area contributed by atoms with Crippen LogP contribution in [-0.4, -0.2) is 53.2 Å². The summed E-state index contributed by atoms with van der Waals surface area (Å²) in [6, 6.07) is 7.51. The van der Waals surface area contributed by atoms with E-state index in [-0.39, 0.29) is 29.0 Å². The summed E-state index contributed by atoms with van der Waals surface area (Å²) in [7, 11) is 1.56. The molecule has 0 radical (unpaired) electrons. The van der Waals surface area contributed by atoms with E-state index in [2.05, 4.69) is 10.3 Å². The maximum absolute atomic E-state index is 13.2. The van der Waals surface area contributed by atoms with E-state index in [9.17, 15) is 9.59 Å². The first-order chi connectivity index (χ1) is 15.6. The first-order valence-electron chi connectivity index (χ1n) is 11.4. The van der Waals surface area contributed by atoms with Gasteiger partial charge < -0.3 is 25.3 Å². The summed E-state index contributed by atoms with van der Waals surface area (Å²) in [6.45, 7) is 1.13. The lowest BCUT2D eigenvalue weighted by atomic mass is 9.95. The van der Waals surface area contributed by atoms with Crippen LogP contribution >= 0.6 is 0 Å². The predicted molar refractivity (Wildman–Crippen MR) is 124 cm³/mol. The van der Waals surface area contributed by atoms with Gasteiger partial charge in [0, 0.05) is 31.3 Å². The van der Waals surface area contributed by atoms with Gasteiger partial charge in [-0.25, -0.2) is 4.98 Å². The number of methoxy groups -OCH3 is 1. The number of carbonyl (C=O) groups excluding carboxylic acids is 1. The fourth-order valence-corrected chi connectivity index (χ4v) is 4.75. The summed E-state index contributed by atoms with van der Waals surface area (Å²) in [5.74, 6) is 1.48. The van der Waals surface area contributed by atoms with Crippen molar-refractivity contribution in [3.05, 3.63) is 51.6 Å². The van der Waals surface area contributed by atoms with Crippen molar-refractivity contribution in [3.63, 3.8) is 0 Å². The van der Waals surface area contributed by atoms with Crippen LogP contribution in [0.25, 0.3) is 0 Å². The summed E-state index contributed by atoms with van der Waals surface area (Å²) in [6.07, 6.45) is 8.39. The number of likely N-dealkylation sites (tertiary alicyclic amines) is 1. The van der Waals surface area contributed by atoms with Crippen LogP contribution in [0.2, 0.25) is 0 Å². The standard InChI is InChI=1S/C24H31N5O3/c1-32-20-12-6-5-11-18(20)24(31)29-13-7-8-16(15-29)21-27-22(19(14-25)23(30)28-21)26-17-9-3-2-4-10-17/h5-6,11-12,14,16-17,25H,2-4,7-10,13,15H2,1H3,(H2,26,27,28,30). The van der Waals surface area contributed by atoms with Gasteiger partial charge in [-0.3, -0.25) is 9.59 Å². The van der Waals surface area contributed by atoms with Crippen molar-refractivity contribution in [2.24, 2.45) is 0 Å². The molecule has 2 aromatic rings. The Balaban J connectivity index is 1.56. The molecule has 1 atom stereocenters. The highest BCUT2D eigenvalue weighted by atomic mass is 16.5. The molecular weight excluding hydrogens is 406 g/mol. The summed E-state index contributed by atoms with van der Waals surface area (Å²) in [4.78, 5) is 35.3. The quantitative estimate of drug-likeness (QED) is 0.599. The molecule has 3 N–H and O–H groups in total. The highest BCUT2D eigenvalue weighted by Gasteiger charge is 2.29. The number of nitrogens with zero attached hydrogens (tertiary/aromatic N) is 2. The maximum atomic E-state index is 13.2. The number of carbonyl (C=O) groups is 1. The number of hydrogen-bond donors (Lipinski definition) is 3. The number of para-hydroxylation sites is 1. The van der Waals surface area contributed by atoms with Gasteiger partial charge in [0.15, 0.2) is 0 Å². The molecule has 4 rings (SSSR count). The Hall–Kier alpha value is -3.16. The van der Waals surface area contributed by atoms with Gasteiger partial charge in [-0.2, -0.15) is 0 Å². The molecule has 8 nitrogen and oxygen atoms in total. The van der Waals surface area contributed by atoms with Crippen molar-refractivity contribution in [3.8, 4) is 5.75 Å². The summed E-state index contributed by atoms with van der Waals surface area (Å²) in [5, 5.41) is 11.1. The third-order valence-corrected chi connectivity index (χ3v) is 6.50. The molecule has 170 valence electrons. The molecule has 1 aromatic heterocycles. The molecular formula is C24H31N5O3. The van der Waals surface area contributed by atoms with E-state index in [1.54, 1.807) is 19.2 Å². The lowest BCUT2D eigenvalue weighted by molar-refractivity contribution is 0.0701. The van der Waals surface area contributed by atoms with Crippen LogP contribution in [0.1, 0.15) is 72.6 Å². The molecule has 2 aliphatic rings. The van der Waals surface area contributed by atoms with Gasteiger partial charge in [-0.15, -0.1) is 0 Å². The zero-order chi connectivity index (χ0) is 22.5. The fraction of sp³-hybridized carbons (Fsp3) is 0.500. The van der Waals surface area contributed by atoms with Gasteiger partial charge in [-0.05, 0) is 37.8 Å². The molecule has 8 heteroatoms. The lowest BCUT2D eigenvalue weighted by Gasteiger charge is -2.33. The lowest BCUT2D eigenvalue weighted by Crippen LogP contribution is -2.40. The number of amides is 1. The highest BCUT2D eigenvalue weighted by Crippen LogP contribution is 2.29. The Morgan fingerprint density at radius 2 is 2.00 bits per heavy atom. The average molecular weight is 438 g/mol. The number of ether oxygens (including phenoxy) is 1. The zero-order valence-electron chi connectivity index (χ0n) is 18.5. The minimum Gasteiger partial charge on any atom is -0.496 e. The van der Waals surface area contributed by atoms with Crippen LogP contribution in [-0.2, 0) is 0 Å². The molecule has 0 bridgehead atoms. The third-order valence-electron chi connectivity index (χ3n) is 6.50. The molecule has 1 saturated heterocycles. The molecule has 1 saturated carbocycles. The first kappa shape index (κ1) is 22.0. The van der Waals surface area contributed by atoms with E-state index in [1.165, 1.54) is 6.42 Å². The van der Waals surface area contributed by atoms with Crippen LogP contribution in [0.5, 0.6) is 5.75 Å². The second kappa shape index (κ2) is 9.97. The largest absolute Gasteiger partial charge is 0.496 e. The molecule has 1 aliphatic heterocycles. The number of anilines is 1. The van der Waals surface area contributed by atoms with Crippen molar-refractivity contribution < 1.29 is 9.53 Å². The second-order valence-electron chi connectivity index (χ2n) is 8.63. The number of nitrogens with one attached hydrogen (secondary N) is 3. The Kier molecular flexibility index (Phi) is 6.87. The van der Waals surface area contributed by atoms with E-state index in [1.807, 2.05) is 17.0 Å². The molecule has 1 amide bonds. The molecule has 1 aromatic carbocycles. The van der Waals surface area contributed by atoms with Crippen molar-refractivity contribution in [1.29, 1.82) is 5.41 Å². The van der Waals surface area contributed by atoms with Crippen molar-refractivity contribution in [2.75, 3.05) is 25.5 Å². The second-order valence-corrected chi connectivity index (χ2v) is 8.63. The van der Waals surface area contributed by atoms with Gasteiger partial charge in [0.05, 0.1) is 18.2 Å². The smallest absolute Gasteiger partial charge is 0.261 e. The van der Waals surface area contributed by atoms with Crippen molar-refractivity contribution >= 4 is 17.9 Å². The normalized spacial score (nSPS) is 19.4. The summed E-state index contributed by atoms with van der Waals surface area (Å²) >= 11 is 0. The zero-order valence-corrected chi connectivity index (χ0v) is 18.5. The monoisotopic (exact) mass is 437 g/mol. The molecule has 1 aliphatic carbocycles. The number of benzene rings is 1. The Morgan fingerprint density at radius 3 is 2.75 bits per heavy atom. The van der Waals surface area contributed by atoms with E-state index >= 15 is 0 Å². The topological polar surface area (TPSA) is 111 Å². The fourth-order valence-electron chi connectivity index (χ4n) is 4.75. The minimum atomic E-state index is -0.309. The van der Waals surface area contributed by atoms with Crippen LogP contribution in [0, 0.1) is 5.41 Å². The molecule has 2 heterocycles. The number of piperidine rings is 1. The number of aromatic nitrogens is 2. The average Bonchev–Trinajstić information content (AvgIpc) is 2.84. The van der Waals surface area contributed by atoms with E-state index in [0.717, 1.165) is 44.7 Å². The maximum Gasteiger partial charge on any atom is 0.261 e. The van der Waals surface area contributed by atoms with Crippen molar-refractivity contribution in [1.82, 2.24) is 14.9 Å². The Bertz CT molecular complexity index is 1030. The van der Waals surface area contributed by atoms with E-state index < -0.39 is 0 Å². The Labute approximate surface area is 187 Å². The van der Waals surface area contributed by atoms with Gasteiger partial charge >= 0.3 is 0 Å². The van der Waals surface area contributed by atoms with Crippen molar-refractivity contribution in [2.45, 2.75) is 56.9 Å². The molecule has 32 heavy (non-hydrogen) atoms. The van der Waals surface area contributed by atoms with Crippen LogP contribution < -0.4 is 15.6 Å². The van der Waals surface area contributed by atoms with Crippen LogP contribution in [0.15, 0.2) is 29.1 Å². The molecule has 0 spiro atoms. The van der Waals surface area contributed by atoms with Gasteiger partial charge in [-0.1, -0.05) is 31.4 Å². The Morgan fingerprint density at radius 1 is 1.22 bits per heavy atom. The number of hydrogen-bond acceptors (Lipinski definition) is 6. The van der Waals surface area contributed by atoms with Crippen LogP contribution in [0.3, 0.4) is 0 Å². The SMILES string of the molecule is COc1ccccc1C(=O)N1CCCC(c2nc(NC3CCCCC3)c(C=N)c(=O)[nH]2)C1. The summed E-state index contributed by atoms with van der Waals surface area (Å²) in [5.41, 5.74) is 0.490. The molecule has 1 unspecified atom stereocenters. The van der Waals surface area contributed by atoms with E-state index in [4.69, 9.17) is 15.1 Å². The number of H-pyrrole nitrogens is 1. The predicted octanol–water partition coefficient (Wildman–Crippen LogP) is 3.54. The number of rotatable bonds is 6. The summed E-state index contributed by atoms with van der Waals surface area (Å²) < 4.78 is 5.36. The molecule has 2 fully saturated rings. The van der Waals surface area contributed by atoms with Gasteiger partial charge in [0.1, 0.15) is 17.4 Å².